The Morgan fingerprint density at radius 1 is 0.917 bits per heavy atom. The Bertz CT molecular complexity index is 926. The van der Waals surface area contributed by atoms with Gasteiger partial charge in [-0.05, 0) is 29.8 Å². The molecule has 0 atom stereocenters. The highest BCUT2D eigenvalue weighted by Crippen LogP contribution is 2.33. The number of hydrogen-bond acceptors (Lipinski definition) is 4. The maximum atomic E-state index is 6.29. The molecule has 0 aliphatic carbocycles. The maximum Gasteiger partial charge on any atom is 0.162 e. The summed E-state index contributed by atoms with van der Waals surface area (Å²) in [5.74, 6) is 1.67. The van der Waals surface area contributed by atoms with Gasteiger partial charge in [-0.3, -0.25) is 0 Å². The van der Waals surface area contributed by atoms with Crippen LogP contribution in [-0.4, -0.2) is 24.2 Å². The minimum Gasteiger partial charge on any atom is -0.493 e. The van der Waals surface area contributed by atoms with Gasteiger partial charge in [-0.25, -0.2) is 9.97 Å². The van der Waals surface area contributed by atoms with E-state index in [9.17, 15) is 0 Å². The van der Waals surface area contributed by atoms with Crippen LogP contribution in [0.5, 0.6) is 11.5 Å². The Hall–Kier alpha value is -2.30. The molecule has 0 aliphatic heterocycles. The molecule has 0 unspecified atom stereocenters. The molecule has 3 aromatic rings. The Kier molecular flexibility index (Phi) is 4.88. The summed E-state index contributed by atoms with van der Waals surface area (Å²) in [4.78, 5) is 8.81. The van der Waals surface area contributed by atoms with Crippen molar-refractivity contribution in [3.63, 3.8) is 0 Å². The van der Waals surface area contributed by atoms with Crippen LogP contribution in [0.1, 0.15) is 11.4 Å². The molecule has 0 N–H and O–H groups in total. The van der Waals surface area contributed by atoms with Gasteiger partial charge in [0.15, 0.2) is 17.3 Å². The Morgan fingerprint density at radius 3 is 2.38 bits per heavy atom. The zero-order chi connectivity index (χ0) is 17.1. The van der Waals surface area contributed by atoms with Gasteiger partial charge in [-0.15, -0.1) is 0 Å². The number of benzene rings is 2. The summed E-state index contributed by atoms with van der Waals surface area (Å²) in [6.07, 6.45) is 3.66. The zero-order valence-corrected chi connectivity index (χ0v) is 14.6. The van der Waals surface area contributed by atoms with Gasteiger partial charge in [0.2, 0.25) is 0 Å². The number of methoxy groups -OCH3 is 2. The first-order valence-electron chi connectivity index (χ1n) is 7.13. The lowest BCUT2D eigenvalue weighted by molar-refractivity contribution is 0.356. The minimum atomic E-state index is 0.353. The monoisotopic (exact) mass is 360 g/mol. The molecule has 1 heterocycles. The summed E-state index contributed by atoms with van der Waals surface area (Å²) < 4.78 is 10.6. The van der Waals surface area contributed by atoms with Crippen LogP contribution in [0.3, 0.4) is 0 Å². The zero-order valence-electron chi connectivity index (χ0n) is 13.1. The Labute approximate surface area is 149 Å². The van der Waals surface area contributed by atoms with Gasteiger partial charge >= 0.3 is 0 Å². The fourth-order valence-corrected chi connectivity index (χ4v) is 2.73. The molecule has 0 amide bonds. The molecule has 0 bridgehead atoms. The predicted octanol–water partition coefficient (Wildman–Crippen LogP) is 5.12. The van der Waals surface area contributed by atoms with Crippen molar-refractivity contribution in [2.45, 2.75) is 0 Å². The minimum absolute atomic E-state index is 0.353. The highest BCUT2D eigenvalue weighted by Gasteiger charge is 2.11. The van der Waals surface area contributed by atoms with Crippen LogP contribution in [0.25, 0.3) is 23.1 Å². The first-order valence-corrected chi connectivity index (χ1v) is 7.89. The first kappa shape index (κ1) is 16.6. The highest BCUT2D eigenvalue weighted by molar-refractivity contribution is 6.34. The molecule has 0 radical (unpaired) electrons. The smallest absolute Gasteiger partial charge is 0.162 e. The normalized spacial score (nSPS) is 11.2. The van der Waals surface area contributed by atoms with E-state index in [-0.39, 0.29) is 0 Å². The fourth-order valence-electron chi connectivity index (χ4n) is 2.29. The van der Waals surface area contributed by atoms with Gasteiger partial charge < -0.3 is 9.47 Å². The van der Waals surface area contributed by atoms with Gasteiger partial charge in [0.25, 0.3) is 0 Å². The maximum absolute atomic E-state index is 6.29. The number of nitrogens with zero attached hydrogens (tertiary/aromatic N) is 2. The van der Waals surface area contributed by atoms with Crippen molar-refractivity contribution in [3.8, 4) is 11.5 Å². The van der Waals surface area contributed by atoms with E-state index in [2.05, 4.69) is 9.97 Å². The van der Waals surface area contributed by atoms with E-state index < -0.39 is 0 Å². The molecule has 122 valence electrons. The van der Waals surface area contributed by atoms with Gasteiger partial charge in [0.1, 0.15) is 5.15 Å². The van der Waals surface area contributed by atoms with Crippen molar-refractivity contribution in [2.75, 3.05) is 14.2 Å². The quantitative estimate of drug-likeness (QED) is 0.605. The van der Waals surface area contributed by atoms with Gasteiger partial charge in [0, 0.05) is 16.5 Å². The van der Waals surface area contributed by atoms with Crippen LogP contribution >= 0.6 is 23.2 Å². The third-order valence-corrected chi connectivity index (χ3v) is 3.97. The second-order valence-electron chi connectivity index (χ2n) is 4.99. The number of halogens is 2. The summed E-state index contributed by atoms with van der Waals surface area (Å²) in [5, 5.41) is 1.73. The van der Waals surface area contributed by atoms with Crippen LogP contribution in [0.2, 0.25) is 10.2 Å². The molecule has 1 aromatic heterocycles. The van der Waals surface area contributed by atoms with Crippen molar-refractivity contribution in [2.24, 2.45) is 0 Å². The molecule has 3 rings (SSSR count). The van der Waals surface area contributed by atoms with E-state index >= 15 is 0 Å². The Morgan fingerprint density at radius 2 is 1.67 bits per heavy atom. The number of ether oxygens (including phenoxy) is 2. The fraction of sp³-hybridized carbons (Fsp3) is 0.111. The first-order chi connectivity index (χ1) is 11.6. The van der Waals surface area contributed by atoms with Gasteiger partial charge in [-0.2, -0.15) is 0 Å². The molecular weight excluding hydrogens is 347 g/mol. The molecule has 0 fully saturated rings. The molecule has 4 nitrogen and oxygen atoms in total. The average Bonchev–Trinajstić information content (AvgIpc) is 2.59. The predicted molar refractivity (Wildman–Crippen MR) is 98.0 cm³/mol. The summed E-state index contributed by atoms with van der Waals surface area (Å²) in [6, 6.07) is 11.0. The summed E-state index contributed by atoms with van der Waals surface area (Å²) in [7, 11) is 3.15. The van der Waals surface area contributed by atoms with Crippen LogP contribution in [0.4, 0.5) is 0 Å². The van der Waals surface area contributed by atoms with Crippen molar-refractivity contribution in [3.05, 3.63) is 58.0 Å². The second kappa shape index (κ2) is 7.07. The van der Waals surface area contributed by atoms with Crippen LogP contribution in [-0.2, 0) is 0 Å². The second-order valence-corrected chi connectivity index (χ2v) is 5.78. The number of rotatable bonds is 4. The van der Waals surface area contributed by atoms with Gasteiger partial charge in [-0.1, -0.05) is 41.4 Å². The lowest BCUT2D eigenvalue weighted by Gasteiger charge is -2.09. The SMILES string of the molecule is COc1cc2nc(C=Cc3cccc(Cl)c3)nc(Cl)c2cc1OC. The molecule has 6 heteroatoms. The third-order valence-electron chi connectivity index (χ3n) is 3.45. The molecule has 0 saturated carbocycles. The van der Waals surface area contributed by atoms with E-state index in [1.165, 1.54) is 0 Å². The number of hydrogen-bond donors (Lipinski definition) is 0. The van der Waals surface area contributed by atoms with E-state index in [1.807, 2.05) is 30.3 Å². The molecule has 0 aliphatic rings. The van der Waals surface area contributed by atoms with Crippen LogP contribution < -0.4 is 9.47 Å². The van der Waals surface area contributed by atoms with Crippen LogP contribution in [0.15, 0.2) is 36.4 Å². The molecular formula is C18H14Cl2N2O2. The standard InChI is InChI=1S/C18H14Cl2N2O2/c1-23-15-9-13-14(10-16(15)24-2)21-17(22-18(13)20)7-6-11-4-3-5-12(19)8-11/h3-10H,1-2H3. The van der Waals surface area contributed by atoms with Crippen molar-refractivity contribution >= 4 is 46.3 Å². The number of aromatic nitrogens is 2. The number of fused-ring (bicyclic) bond motifs is 1. The molecule has 0 saturated heterocycles. The van der Waals surface area contributed by atoms with Crippen molar-refractivity contribution in [1.29, 1.82) is 0 Å². The lowest BCUT2D eigenvalue weighted by atomic mass is 10.2. The van der Waals surface area contributed by atoms with E-state index in [0.29, 0.717) is 38.4 Å². The van der Waals surface area contributed by atoms with Crippen molar-refractivity contribution in [1.82, 2.24) is 9.97 Å². The topological polar surface area (TPSA) is 44.2 Å². The summed E-state index contributed by atoms with van der Waals surface area (Å²) in [5.41, 5.74) is 1.63. The van der Waals surface area contributed by atoms with E-state index in [1.54, 1.807) is 32.4 Å². The molecule has 2 aromatic carbocycles. The molecule has 0 spiro atoms. The summed E-state index contributed by atoms with van der Waals surface area (Å²) >= 11 is 12.3. The highest BCUT2D eigenvalue weighted by atomic mass is 35.5. The van der Waals surface area contributed by atoms with E-state index in [4.69, 9.17) is 32.7 Å². The largest absolute Gasteiger partial charge is 0.493 e. The lowest BCUT2D eigenvalue weighted by Crippen LogP contribution is -1.95. The molecule has 24 heavy (non-hydrogen) atoms. The van der Waals surface area contributed by atoms with E-state index in [0.717, 1.165) is 5.56 Å². The average molecular weight is 361 g/mol. The van der Waals surface area contributed by atoms with Gasteiger partial charge in [0.05, 0.1) is 19.7 Å². The third kappa shape index (κ3) is 3.45. The van der Waals surface area contributed by atoms with Crippen LogP contribution in [0, 0.1) is 0 Å². The summed E-state index contributed by atoms with van der Waals surface area (Å²) in [6.45, 7) is 0. The van der Waals surface area contributed by atoms with Crippen molar-refractivity contribution < 1.29 is 9.47 Å². The Balaban J connectivity index is 2.03.